The number of aromatic hydroxyl groups is 1. The number of ketones is 2. The molecule has 0 aliphatic carbocycles. The third kappa shape index (κ3) is 11.1. The molecule has 1 unspecified atom stereocenters. The topological polar surface area (TPSA) is 134 Å². The first-order chi connectivity index (χ1) is 21.2. The Labute approximate surface area is 262 Å². The predicted octanol–water partition coefficient (Wildman–Crippen LogP) is 4.98. The molecule has 0 radical (unpaired) electrons. The lowest BCUT2D eigenvalue weighted by atomic mass is 9.88. The van der Waals surface area contributed by atoms with Crippen molar-refractivity contribution in [2.45, 2.75) is 70.9 Å². The summed E-state index contributed by atoms with van der Waals surface area (Å²) >= 11 is 0. The maximum absolute atomic E-state index is 12.9. The van der Waals surface area contributed by atoms with E-state index in [1.165, 1.54) is 18.7 Å². The molecule has 44 heavy (non-hydrogen) atoms. The summed E-state index contributed by atoms with van der Waals surface area (Å²) in [7, 11) is 3.40. The number of rotatable bonds is 19. The zero-order valence-electron chi connectivity index (χ0n) is 26.4. The van der Waals surface area contributed by atoms with Crippen LogP contribution in [0, 0.1) is 5.92 Å². The molecule has 0 bridgehead atoms. The number of phenolic OH excluding ortho intramolecular Hbond substituents is 1. The normalized spacial score (nSPS) is 15.7. The third-order valence-corrected chi connectivity index (χ3v) is 7.98. The van der Waals surface area contributed by atoms with E-state index in [0.29, 0.717) is 35.5 Å². The van der Waals surface area contributed by atoms with Crippen molar-refractivity contribution in [3.8, 4) is 11.5 Å². The molecule has 2 aromatic rings. The SMILES string of the molecule is CNC[C@H](C)CCCCCC(=O)CC(=O)/C=C(\CO)c1cc(OC)c(O)cc1CC1=CNC(N)C=C1CCc1ccccc1. The molecule has 1 aliphatic heterocycles. The molecule has 3 rings (SSSR count). The highest BCUT2D eigenvalue weighted by Crippen LogP contribution is 2.35. The fourth-order valence-corrected chi connectivity index (χ4v) is 5.60. The van der Waals surface area contributed by atoms with Crippen molar-refractivity contribution in [2.75, 3.05) is 27.3 Å². The first kappa shape index (κ1) is 34.8. The first-order valence-corrected chi connectivity index (χ1v) is 15.6. The summed E-state index contributed by atoms with van der Waals surface area (Å²) in [6, 6.07) is 13.5. The van der Waals surface area contributed by atoms with E-state index in [9.17, 15) is 19.8 Å². The van der Waals surface area contributed by atoms with Crippen molar-refractivity contribution in [3.63, 3.8) is 0 Å². The number of aryl methyl sites for hydroxylation is 1. The second kappa shape index (κ2) is 18.2. The molecular formula is C36H49N3O5. The number of phenols is 1. The first-order valence-electron chi connectivity index (χ1n) is 15.6. The second-order valence-electron chi connectivity index (χ2n) is 11.7. The molecule has 0 fully saturated rings. The Kier molecular flexibility index (Phi) is 14.4. The molecule has 1 aliphatic rings. The quantitative estimate of drug-likeness (QED) is 0.0862. The number of allylic oxidation sites excluding steroid dienone is 3. The summed E-state index contributed by atoms with van der Waals surface area (Å²) in [5.41, 5.74) is 11.1. The summed E-state index contributed by atoms with van der Waals surface area (Å²) in [5, 5.41) is 27.3. The van der Waals surface area contributed by atoms with Gasteiger partial charge in [0.15, 0.2) is 17.3 Å². The number of methoxy groups -OCH3 is 1. The van der Waals surface area contributed by atoms with Crippen LogP contribution in [0.25, 0.3) is 5.57 Å². The largest absolute Gasteiger partial charge is 0.504 e. The van der Waals surface area contributed by atoms with Crippen LogP contribution in [-0.2, 0) is 22.4 Å². The molecular weight excluding hydrogens is 554 g/mol. The highest BCUT2D eigenvalue weighted by molar-refractivity contribution is 6.07. The molecule has 0 amide bonds. The summed E-state index contributed by atoms with van der Waals surface area (Å²) < 4.78 is 5.35. The second-order valence-corrected chi connectivity index (χ2v) is 11.7. The van der Waals surface area contributed by atoms with Crippen LogP contribution in [0.3, 0.4) is 0 Å². The molecule has 0 saturated carbocycles. The molecule has 0 saturated heterocycles. The number of carbonyl (C=O) groups is 2. The van der Waals surface area contributed by atoms with Gasteiger partial charge < -0.3 is 31.3 Å². The van der Waals surface area contributed by atoms with Gasteiger partial charge in [-0.15, -0.1) is 0 Å². The predicted molar refractivity (Wildman–Crippen MR) is 176 cm³/mol. The monoisotopic (exact) mass is 603 g/mol. The van der Waals surface area contributed by atoms with Gasteiger partial charge in [-0.3, -0.25) is 9.59 Å². The molecule has 8 heteroatoms. The summed E-state index contributed by atoms with van der Waals surface area (Å²) in [4.78, 5) is 25.5. The van der Waals surface area contributed by atoms with Gasteiger partial charge in [0.2, 0.25) is 0 Å². The Balaban J connectivity index is 1.73. The maximum Gasteiger partial charge on any atom is 0.163 e. The van der Waals surface area contributed by atoms with Crippen molar-refractivity contribution in [1.29, 1.82) is 0 Å². The van der Waals surface area contributed by atoms with Crippen molar-refractivity contribution in [2.24, 2.45) is 11.7 Å². The van der Waals surface area contributed by atoms with Gasteiger partial charge in [-0.05, 0) is 109 Å². The molecule has 6 N–H and O–H groups in total. The van der Waals surface area contributed by atoms with Crippen molar-refractivity contribution in [3.05, 3.63) is 88.7 Å². The van der Waals surface area contributed by atoms with Crippen molar-refractivity contribution >= 4 is 17.1 Å². The van der Waals surface area contributed by atoms with E-state index in [0.717, 1.165) is 56.2 Å². The number of nitrogens with two attached hydrogens (primary N) is 1. The fraction of sp³-hybridized carbons (Fsp3) is 0.444. The summed E-state index contributed by atoms with van der Waals surface area (Å²) in [6.45, 7) is 2.78. The standard InChI is InChI=1S/C36H49N3O5/c1-25(22-38-2)10-6-4-9-13-31(41)20-32(42)17-30(24-40)33-21-35(44-3)34(43)18-28(33)16-29-23-39-36(37)19-27(29)15-14-26-11-7-5-8-12-26/h5,7-8,11-12,17-19,21,23,25,36,38-40,43H,4,6,9-10,13-16,20,22,24,37H2,1-3H3/b30-17+/t25-,36?/m1/s1. The van der Waals surface area contributed by atoms with Gasteiger partial charge >= 0.3 is 0 Å². The molecule has 2 aromatic carbocycles. The molecule has 0 aromatic heterocycles. The van der Waals surface area contributed by atoms with Gasteiger partial charge in [-0.25, -0.2) is 0 Å². The van der Waals surface area contributed by atoms with E-state index in [-0.39, 0.29) is 35.7 Å². The third-order valence-electron chi connectivity index (χ3n) is 7.98. The zero-order valence-corrected chi connectivity index (χ0v) is 26.4. The number of ether oxygens (including phenoxy) is 1. The van der Waals surface area contributed by atoms with Crippen LogP contribution < -0.4 is 21.1 Å². The molecule has 8 nitrogen and oxygen atoms in total. The molecule has 1 heterocycles. The van der Waals surface area contributed by atoms with Crippen LogP contribution in [0.2, 0.25) is 0 Å². The number of hydrogen-bond donors (Lipinski definition) is 5. The van der Waals surface area contributed by atoms with Crippen LogP contribution in [0.4, 0.5) is 0 Å². The summed E-state index contributed by atoms with van der Waals surface area (Å²) in [6.07, 6.45) is 11.0. The minimum Gasteiger partial charge on any atom is -0.504 e. The number of aliphatic hydroxyl groups excluding tert-OH is 1. The Morgan fingerprint density at radius 2 is 1.89 bits per heavy atom. The van der Waals surface area contributed by atoms with Crippen LogP contribution >= 0.6 is 0 Å². The van der Waals surface area contributed by atoms with Crippen LogP contribution in [-0.4, -0.2) is 55.3 Å². The van der Waals surface area contributed by atoms with E-state index >= 15 is 0 Å². The van der Waals surface area contributed by atoms with Crippen LogP contribution in [0.5, 0.6) is 11.5 Å². The number of dihydropyridines is 1. The van der Waals surface area contributed by atoms with Crippen LogP contribution in [0.1, 0.15) is 68.6 Å². The maximum atomic E-state index is 12.9. The lowest BCUT2D eigenvalue weighted by Crippen LogP contribution is -2.35. The minimum atomic E-state index is -0.412. The highest BCUT2D eigenvalue weighted by Gasteiger charge is 2.20. The average Bonchev–Trinajstić information content (AvgIpc) is 3.00. The van der Waals surface area contributed by atoms with Gasteiger partial charge in [0.1, 0.15) is 5.78 Å². The molecule has 238 valence electrons. The lowest BCUT2D eigenvalue weighted by molar-refractivity contribution is -0.124. The number of Topliss-reactive ketones (excluding diaryl/α,β-unsaturated/α-hetero) is 1. The Morgan fingerprint density at radius 1 is 1.11 bits per heavy atom. The van der Waals surface area contributed by atoms with E-state index in [4.69, 9.17) is 10.5 Å². The van der Waals surface area contributed by atoms with Gasteiger partial charge in [0, 0.05) is 12.6 Å². The lowest BCUT2D eigenvalue weighted by Gasteiger charge is -2.23. The number of unbranched alkanes of at least 4 members (excludes halogenated alkanes) is 2. The molecule has 0 spiro atoms. The van der Waals surface area contributed by atoms with E-state index < -0.39 is 6.61 Å². The zero-order chi connectivity index (χ0) is 31.9. The van der Waals surface area contributed by atoms with Crippen LogP contribution in [0.15, 0.2) is 72.0 Å². The van der Waals surface area contributed by atoms with E-state index in [1.54, 1.807) is 12.1 Å². The van der Waals surface area contributed by atoms with E-state index in [2.05, 4.69) is 29.7 Å². The average molecular weight is 604 g/mol. The highest BCUT2D eigenvalue weighted by atomic mass is 16.5. The van der Waals surface area contributed by atoms with Crippen molar-refractivity contribution < 1.29 is 24.5 Å². The molecule has 2 atom stereocenters. The number of aliphatic hydroxyl groups is 1. The Hall–Kier alpha value is -3.72. The fourth-order valence-electron chi connectivity index (χ4n) is 5.60. The Morgan fingerprint density at radius 3 is 2.59 bits per heavy atom. The van der Waals surface area contributed by atoms with E-state index in [1.807, 2.05) is 37.5 Å². The smallest absolute Gasteiger partial charge is 0.163 e. The number of carbonyl (C=O) groups excluding carboxylic acids is 2. The van der Waals surface area contributed by atoms with Gasteiger partial charge in [0.05, 0.1) is 26.3 Å². The number of benzene rings is 2. The summed E-state index contributed by atoms with van der Waals surface area (Å²) in [5.74, 6) is 0.336. The number of hydrogen-bond acceptors (Lipinski definition) is 8. The van der Waals surface area contributed by atoms with Crippen molar-refractivity contribution in [1.82, 2.24) is 10.6 Å². The van der Waals surface area contributed by atoms with Gasteiger partial charge in [-0.1, -0.05) is 50.1 Å². The van der Waals surface area contributed by atoms with Gasteiger partial charge in [0.25, 0.3) is 0 Å². The Bertz CT molecular complexity index is 1330. The minimum absolute atomic E-state index is 0.0405. The van der Waals surface area contributed by atoms with Gasteiger partial charge in [-0.2, -0.15) is 0 Å². The number of nitrogens with one attached hydrogen (secondary N) is 2.